The quantitative estimate of drug-likeness (QED) is 0.668. The molecule has 8 heteroatoms. The van der Waals surface area contributed by atoms with Crippen LogP contribution in [0.3, 0.4) is 0 Å². The van der Waals surface area contributed by atoms with E-state index in [1.807, 2.05) is 6.07 Å². The molecule has 162 valence electrons. The van der Waals surface area contributed by atoms with Crippen LogP contribution in [0.25, 0.3) is 5.69 Å². The first-order valence-corrected chi connectivity index (χ1v) is 10.6. The van der Waals surface area contributed by atoms with Crippen LogP contribution in [-0.2, 0) is 0 Å². The lowest BCUT2D eigenvalue weighted by Crippen LogP contribution is -2.73. The highest BCUT2D eigenvalue weighted by Crippen LogP contribution is 2.43. The van der Waals surface area contributed by atoms with Crippen molar-refractivity contribution in [3.05, 3.63) is 59.9 Å². The van der Waals surface area contributed by atoms with E-state index in [2.05, 4.69) is 58.1 Å². The van der Waals surface area contributed by atoms with Gasteiger partial charge in [-0.25, -0.2) is 13.5 Å². The average molecular weight is 424 g/mol. The molecule has 2 fully saturated rings. The SMILES string of the molecule is Cc1cc(Nc2ncn(-c3ccc(F)c(F)c3)n2)cc(N2CC3(C2)CN(C(C)C)C3)c1. The first kappa shape index (κ1) is 19.9. The summed E-state index contributed by atoms with van der Waals surface area (Å²) in [5, 5.41) is 7.57. The Balaban J connectivity index is 1.27. The van der Waals surface area contributed by atoms with E-state index in [0.717, 1.165) is 36.5 Å². The third-order valence-corrected chi connectivity index (χ3v) is 6.20. The van der Waals surface area contributed by atoms with E-state index in [1.165, 1.54) is 35.9 Å². The zero-order chi connectivity index (χ0) is 21.8. The molecule has 0 atom stereocenters. The highest BCUT2D eigenvalue weighted by Gasteiger charge is 2.52. The molecule has 3 heterocycles. The highest BCUT2D eigenvalue weighted by atomic mass is 19.2. The van der Waals surface area contributed by atoms with Gasteiger partial charge in [-0.15, -0.1) is 5.10 Å². The minimum Gasteiger partial charge on any atom is -0.370 e. The van der Waals surface area contributed by atoms with Gasteiger partial charge >= 0.3 is 0 Å². The van der Waals surface area contributed by atoms with Crippen molar-refractivity contribution < 1.29 is 8.78 Å². The topological polar surface area (TPSA) is 49.2 Å². The summed E-state index contributed by atoms with van der Waals surface area (Å²) < 4.78 is 28.1. The molecule has 0 aliphatic carbocycles. The summed E-state index contributed by atoms with van der Waals surface area (Å²) in [6.07, 6.45) is 1.47. The van der Waals surface area contributed by atoms with Gasteiger partial charge in [0.05, 0.1) is 5.69 Å². The summed E-state index contributed by atoms with van der Waals surface area (Å²) in [6, 6.07) is 10.6. The van der Waals surface area contributed by atoms with Crippen LogP contribution in [0, 0.1) is 24.0 Å². The van der Waals surface area contributed by atoms with Crippen LogP contribution in [-0.4, -0.2) is 51.9 Å². The number of hydrogen-bond acceptors (Lipinski definition) is 5. The van der Waals surface area contributed by atoms with Crippen molar-refractivity contribution in [1.82, 2.24) is 19.7 Å². The summed E-state index contributed by atoms with van der Waals surface area (Å²) >= 11 is 0. The number of nitrogens with zero attached hydrogens (tertiary/aromatic N) is 5. The van der Waals surface area contributed by atoms with E-state index in [-0.39, 0.29) is 0 Å². The van der Waals surface area contributed by atoms with Gasteiger partial charge in [0.2, 0.25) is 5.95 Å². The Morgan fingerprint density at radius 2 is 1.74 bits per heavy atom. The van der Waals surface area contributed by atoms with Crippen molar-refractivity contribution in [3.63, 3.8) is 0 Å². The Kier molecular flexibility index (Phi) is 4.69. The molecule has 0 radical (unpaired) electrons. The average Bonchev–Trinajstić information content (AvgIpc) is 3.09. The largest absolute Gasteiger partial charge is 0.370 e. The maximum atomic E-state index is 13.5. The van der Waals surface area contributed by atoms with Gasteiger partial charge in [0.1, 0.15) is 6.33 Å². The lowest BCUT2D eigenvalue weighted by atomic mass is 9.72. The molecule has 5 rings (SSSR count). The van der Waals surface area contributed by atoms with Crippen molar-refractivity contribution >= 4 is 17.3 Å². The van der Waals surface area contributed by atoms with Gasteiger partial charge in [0.15, 0.2) is 11.6 Å². The van der Waals surface area contributed by atoms with E-state index in [0.29, 0.717) is 23.1 Å². The van der Waals surface area contributed by atoms with Crippen molar-refractivity contribution in [2.24, 2.45) is 5.41 Å². The smallest absolute Gasteiger partial charge is 0.246 e. The fraction of sp³-hybridized carbons (Fsp3) is 0.391. The maximum Gasteiger partial charge on any atom is 0.246 e. The lowest BCUT2D eigenvalue weighted by Gasteiger charge is -2.62. The Labute approximate surface area is 180 Å². The first-order valence-electron chi connectivity index (χ1n) is 10.6. The number of nitrogens with one attached hydrogen (secondary N) is 1. The summed E-state index contributed by atoms with van der Waals surface area (Å²) in [6.45, 7) is 11.1. The van der Waals surface area contributed by atoms with E-state index in [4.69, 9.17) is 0 Å². The Morgan fingerprint density at radius 1 is 0.968 bits per heavy atom. The molecule has 0 bridgehead atoms. The number of benzene rings is 2. The van der Waals surface area contributed by atoms with Crippen molar-refractivity contribution in [2.75, 3.05) is 36.4 Å². The molecule has 0 amide bonds. The molecule has 1 aromatic heterocycles. The van der Waals surface area contributed by atoms with Crippen LogP contribution in [0.15, 0.2) is 42.7 Å². The van der Waals surface area contributed by atoms with Crippen LogP contribution >= 0.6 is 0 Å². The van der Waals surface area contributed by atoms with E-state index >= 15 is 0 Å². The first-order chi connectivity index (χ1) is 14.8. The predicted octanol–water partition coefficient (Wildman–Crippen LogP) is 4.13. The van der Waals surface area contributed by atoms with Gasteiger partial charge in [-0.2, -0.15) is 4.98 Å². The van der Waals surface area contributed by atoms with E-state index < -0.39 is 11.6 Å². The van der Waals surface area contributed by atoms with Gasteiger partial charge in [0.25, 0.3) is 0 Å². The molecule has 2 saturated heterocycles. The van der Waals surface area contributed by atoms with Gasteiger partial charge in [-0.3, -0.25) is 4.90 Å². The van der Waals surface area contributed by atoms with E-state index in [9.17, 15) is 8.78 Å². The number of aryl methyl sites for hydroxylation is 1. The summed E-state index contributed by atoms with van der Waals surface area (Å²) in [5.41, 5.74) is 4.10. The number of likely N-dealkylation sites (tertiary alicyclic amines) is 1. The molecule has 2 aromatic carbocycles. The summed E-state index contributed by atoms with van der Waals surface area (Å²) in [7, 11) is 0. The third kappa shape index (κ3) is 3.76. The molecule has 1 spiro atoms. The fourth-order valence-corrected chi connectivity index (χ4v) is 4.55. The zero-order valence-corrected chi connectivity index (χ0v) is 17.9. The highest BCUT2D eigenvalue weighted by molar-refractivity contribution is 5.65. The minimum atomic E-state index is -0.916. The van der Waals surface area contributed by atoms with E-state index in [1.54, 1.807) is 0 Å². The monoisotopic (exact) mass is 424 g/mol. The third-order valence-electron chi connectivity index (χ3n) is 6.20. The molecule has 2 aliphatic heterocycles. The zero-order valence-electron chi connectivity index (χ0n) is 17.9. The molecule has 2 aliphatic rings. The fourth-order valence-electron chi connectivity index (χ4n) is 4.55. The van der Waals surface area contributed by atoms with Crippen molar-refractivity contribution in [1.29, 1.82) is 0 Å². The standard InChI is InChI=1S/C23H26F2N6/c1-15(2)29-10-23(11-29)12-30(13-23)19-7-16(3)6-17(8-19)27-22-26-14-31(28-22)18-4-5-20(24)21(25)9-18/h4-9,14-15H,10-13H2,1-3H3,(H,27,28). The summed E-state index contributed by atoms with van der Waals surface area (Å²) in [4.78, 5) is 9.20. The normalized spacial score (nSPS) is 17.7. The second kappa shape index (κ2) is 7.30. The van der Waals surface area contributed by atoms with Gasteiger partial charge in [0, 0.05) is 55.1 Å². The molecular weight excluding hydrogens is 398 g/mol. The Bertz CT molecular complexity index is 1110. The minimum absolute atomic E-state index is 0.396. The van der Waals surface area contributed by atoms with Gasteiger partial charge in [-0.05, 0) is 56.7 Å². The number of anilines is 3. The second-order valence-corrected chi connectivity index (χ2v) is 9.15. The van der Waals surface area contributed by atoms with Crippen molar-refractivity contribution in [3.8, 4) is 5.69 Å². The molecule has 1 N–H and O–H groups in total. The Morgan fingerprint density at radius 3 is 2.45 bits per heavy atom. The van der Waals surface area contributed by atoms with Crippen LogP contribution in [0.4, 0.5) is 26.1 Å². The predicted molar refractivity (Wildman–Crippen MR) is 117 cm³/mol. The van der Waals surface area contributed by atoms with Gasteiger partial charge < -0.3 is 10.2 Å². The molecule has 3 aromatic rings. The Hall–Kier alpha value is -3.00. The summed E-state index contributed by atoms with van der Waals surface area (Å²) in [5.74, 6) is -1.41. The molecule has 0 unspecified atom stereocenters. The molecular formula is C23H26F2N6. The van der Waals surface area contributed by atoms with Crippen LogP contribution < -0.4 is 10.2 Å². The lowest BCUT2D eigenvalue weighted by molar-refractivity contribution is -0.0411. The number of rotatable bonds is 5. The molecule has 31 heavy (non-hydrogen) atoms. The number of aromatic nitrogens is 3. The number of halogens is 2. The van der Waals surface area contributed by atoms with Crippen LogP contribution in [0.1, 0.15) is 19.4 Å². The van der Waals surface area contributed by atoms with Crippen LogP contribution in [0.5, 0.6) is 0 Å². The van der Waals surface area contributed by atoms with Crippen molar-refractivity contribution in [2.45, 2.75) is 26.8 Å². The van der Waals surface area contributed by atoms with Gasteiger partial charge in [-0.1, -0.05) is 0 Å². The molecule has 6 nitrogen and oxygen atoms in total. The number of hydrogen-bond donors (Lipinski definition) is 1. The molecule has 0 saturated carbocycles. The second-order valence-electron chi connectivity index (χ2n) is 9.15. The maximum absolute atomic E-state index is 13.5. The van der Waals surface area contributed by atoms with Crippen LogP contribution in [0.2, 0.25) is 0 Å².